The smallest absolute Gasteiger partial charge is 0.175 e. The average Bonchev–Trinajstić information content (AvgIpc) is 2.51. The minimum Gasteiger partial charge on any atom is -0.508 e. The lowest BCUT2D eigenvalue weighted by Gasteiger charge is -2.00. The fourth-order valence-electron chi connectivity index (χ4n) is 1.15. The zero-order valence-corrected chi connectivity index (χ0v) is 6.75. The van der Waals surface area contributed by atoms with Gasteiger partial charge in [0.2, 0.25) is 0 Å². The van der Waals surface area contributed by atoms with Crippen LogP contribution in [0, 0.1) is 0 Å². The van der Waals surface area contributed by atoms with E-state index in [-0.39, 0.29) is 5.75 Å². The number of phenolic OH excluding ortho intramolecular Hbond substituents is 1. The molecule has 0 aliphatic rings. The van der Waals surface area contributed by atoms with E-state index in [1.54, 1.807) is 18.2 Å². The Kier molecular flexibility index (Phi) is 1.66. The van der Waals surface area contributed by atoms with Gasteiger partial charge < -0.3 is 10.3 Å². The molecular formula is C9H8N2O2. The maximum Gasteiger partial charge on any atom is 0.175 e. The highest BCUT2D eigenvalue weighted by Gasteiger charge is 2.04. The van der Waals surface area contributed by atoms with Crippen LogP contribution in [0.3, 0.4) is 0 Å². The third kappa shape index (κ3) is 1.33. The Morgan fingerprint density at radius 1 is 1.31 bits per heavy atom. The number of imidazole rings is 1. The summed E-state index contributed by atoms with van der Waals surface area (Å²) in [6.07, 6.45) is 2.92. The van der Waals surface area contributed by atoms with Gasteiger partial charge in [0.1, 0.15) is 5.75 Å². The number of rotatable bonds is 1. The maximum atomic E-state index is 9.27. The van der Waals surface area contributed by atoms with Crippen LogP contribution >= 0.6 is 0 Å². The monoisotopic (exact) mass is 176 g/mol. The molecule has 0 saturated carbocycles. The standard InChI is InChI=1S/C9H8N2O2/c12-8-3-1-2-7(6-8)9-10-4-5-11(9)13/h1-6,12-13H. The van der Waals surface area contributed by atoms with Crippen LogP contribution in [-0.4, -0.2) is 20.0 Å². The van der Waals surface area contributed by atoms with Gasteiger partial charge in [0, 0.05) is 11.8 Å². The highest BCUT2D eigenvalue weighted by atomic mass is 16.5. The highest BCUT2D eigenvalue weighted by molar-refractivity contribution is 5.57. The number of hydrogen-bond acceptors (Lipinski definition) is 3. The molecule has 1 heterocycles. The molecule has 0 bridgehead atoms. The van der Waals surface area contributed by atoms with Gasteiger partial charge in [0.05, 0.1) is 6.20 Å². The molecule has 1 aromatic heterocycles. The van der Waals surface area contributed by atoms with Crippen LogP contribution in [0.4, 0.5) is 0 Å². The van der Waals surface area contributed by atoms with Gasteiger partial charge in [0.15, 0.2) is 5.82 Å². The Labute approximate surface area is 74.7 Å². The van der Waals surface area contributed by atoms with E-state index < -0.39 is 0 Å². The number of aromatic nitrogens is 2. The lowest BCUT2D eigenvalue weighted by atomic mass is 10.2. The number of aromatic hydroxyl groups is 1. The van der Waals surface area contributed by atoms with Crippen LogP contribution in [0.25, 0.3) is 11.4 Å². The summed E-state index contributed by atoms with van der Waals surface area (Å²) >= 11 is 0. The number of hydrogen-bond donors (Lipinski definition) is 2. The van der Waals surface area contributed by atoms with Gasteiger partial charge in [0.25, 0.3) is 0 Å². The van der Waals surface area contributed by atoms with Gasteiger partial charge in [-0.15, -0.1) is 0 Å². The maximum absolute atomic E-state index is 9.27. The SMILES string of the molecule is Oc1cccc(-c2nccn2O)c1. The first kappa shape index (κ1) is 7.67. The fraction of sp³-hybridized carbons (Fsp3) is 0. The first-order valence-corrected chi connectivity index (χ1v) is 3.79. The van der Waals surface area contributed by atoms with Crippen molar-refractivity contribution in [2.75, 3.05) is 0 Å². The van der Waals surface area contributed by atoms with E-state index in [1.165, 1.54) is 18.5 Å². The Bertz CT molecular complexity index is 423. The first-order valence-electron chi connectivity index (χ1n) is 3.79. The number of nitrogens with zero attached hydrogens (tertiary/aromatic N) is 2. The summed E-state index contributed by atoms with van der Waals surface area (Å²) in [6, 6.07) is 6.55. The Morgan fingerprint density at radius 2 is 2.15 bits per heavy atom. The van der Waals surface area contributed by atoms with Gasteiger partial charge in [-0.05, 0) is 12.1 Å². The molecular weight excluding hydrogens is 168 g/mol. The molecule has 0 radical (unpaired) electrons. The van der Waals surface area contributed by atoms with Crippen molar-refractivity contribution in [1.82, 2.24) is 9.71 Å². The largest absolute Gasteiger partial charge is 0.508 e. The topological polar surface area (TPSA) is 58.3 Å². The molecule has 13 heavy (non-hydrogen) atoms. The lowest BCUT2D eigenvalue weighted by molar-refractivity contribution is 0.191. The minimum absolute atomic E-state index is 0.153. The summed E-state index contributed by atoms with van der Waals surface area (Å²) in [5.74, 6) is 0.566. The van der Waals surface area contributed by atoms with Gasteiger partial charge in [-0.2, -0.15) is 4.73 Å². The molecule has 2 rings (SSSR count). The predicted octanol–water partition coefficient (Wildman–Crippen LogP) is 1.49. The summed E-state index contributed by atoms with van der Waals surface area (Å²) in [6.45, 7) is 0. The minimum atomic E-state index is 0.153. The Morgan fingerprint density at radius 3 is 2.77 bits per heavy atom. The van der Waals surface area contributed by atoms with E-state index in [2.05, 4.69) is 4.98 Å². The molecule has 0 aliphatic heterocycles. The van der Waals surface area contributed by atoms with Crippen molar-refractivity contribution < 1.29 is 10.3 Å². The second-order valence-electron chi connectivity index (χ2n) is 2.65. The molecule has 2 N–H and O–H groups in total. The molecule has 0 spiro atoms. The van der Waals surface area contributed by atoms with Crippen LogP contribution in [0.1, 0.15) is 0 Å². The van der Waals surface area contributed by atoms with Gasteiger partial charge in [-0.1, -0.05) is 12.1 Å². The van der Waals surface area contributed by atoms with Crippen LogP contribution in [0.2, 0.25) is 0 Å². The van der Waals surface area contributed by atoms with Crippen LogP contribution < -0.4 is 0 Å². The molecule has 0 fully saturated rings. The van der Waals surface area contributed by atoms with E-state index in [1.807, 2.05) is 0 Å². The van der Waals surface area contributed by atoms with Gasteiger partial charge in [-0.3, -0.25) is 0 Å². The molecule has 0 aliphatic carbocycles. The van der Waals surface area contributed by atoms with E-state index in [4.69, 9.17) is 0 Å². The zero-order chi connectivity index (χ0) is 9.26. The van der Waals surface area contributed by atoms with Crippen molar-refractivity contribution in [2.24, 2.45) is 0 Å². The first-order chi connectivity index (χ1) is 6.27. The van der Waals surface area contributed by atoms with E-state index in [0.717, 1.165) is 4.73 Å². The predicted molar refractivity (Wildman–Crippen MR) is 46.5 cm³/mol. The summed E-state index contributed by atoms with van der Waals surface area (Å²) < 4.78 is 0.911. The molecule has 4 heteroatoms. The van der Waals surface area contributed by atoms with E-state index in [9.17, 15) is 10.3 Å². The van der Waals surface area contributed by atoms with Crippen molar-refractivity contribution >= 4 is 0 Å². The molecule has 0 amide bonds. The van der Waals surface area contributed by atoms with Crippen molar-refractivity contribution in [1.29, 1.82) is 0 Å². The normalized spacial score (nSPS) is 10.2. The molecule has 2 aromatic rings. The quantitative estimate of drug-likeness (QED) is 0.647. The van der Waals surface area contributed by atoms with Crippen molar-refractivity contribution in [3.8, 4) is 17.1 Å². The third-order valence-electron chi connectivity index (χ3n) is 1.73. The number of benzene rings is 1. The fourth-order valence-corrected chi connectivity index (χ4v) is 1.15. The van der Waals surface area contributed by atoms with E-state index in [0.29, 0.717) is 11.4 Å². The van der Waals surface area contributed by atoms with E-state index >= 15 is 0 Å². The average molecular weight is 176 g/mol. The summed E-state index contributed by atoms with van der Waals surface area (Å²) in [4.78, 5) is 3.93. The lowest BCUT2D eigenvalue weighted by Crippen LogP contribution is -1.91. The molecule has 4 nitrogen and oxygen atoms in total. The molecule has 66 valence electrons. The second-order valence-corrected chi connectivity index (χ2v) is 2.65. The summed E-state index contributed by atoms with van der Waals surface area (Å²) in [7, 11) is 0. The van der Waals surface area contributed by atoms with Crippen LogP contribution in [-0.2, 0) is 0 Å². The molecule has 0 unspecified atom stereocenters. The molecule has 0 atom stereocenters. The van der Waals surface area contributed by atoms with Crippen molar-refractivity contribution in [3.05, 3.63) is 36.7 Å². The van der Waals surface area contributed by atoms with Crippen molar-refractivity contribution in [2.45, 2.75) is 0 Å². The number of phenols is 1. The van der Waals surface area contributed by atoms with Gasteiger partial charge in [-0.25, -0.2) is 4.98 Å². The second kappa shape index (κ2) is 2.82. The molecule has 0 saturated heterocycles. The zero-order valence-electron chi connectivity index (χ0n) is 6.75. The molecule has 1 aromatic carbocycles. The van der Waals surface area contributed by atoms with Crippen molar-refractivity contribution in [3.63, 3.8) is 0 Å². The Hall–Kier alpha value is -1.97. The Balaban J connectivity index is 2.53. The highest BCUT2D eigenvalue weighted by Crippen LogP contribution is 2.20. The van der Waals surface area contributed by atoms with Crippen LogP contribution in [0.5, 0.6) is 5.75 Å². The summed E-state index contributed by atoms with van der Waals surface area (Å²) in [5, 5.41) is 18.5. The summed E-state index contributed by atoms with van der Waals surface area (Å²) in [5.41, 5.74) is 0.674. The third-order valence-corrected chi connectivity index (χ3v) is 1.73. The van der Waals surface area contributed by atoms with Gasteiger partial charge >= 0.3 is 0 Å². The van der Waals surface area contributed by atoms with Crippen LogP contribution in [0.15, 0.2) is 36.7 Å².